The van der Waals surface area contributed by atoms with Crippen molar-refractivity contribution < 1.29 is 13.2 Å². The molecule has 0 unspecified atom stereocenters. The van der Waals surface area contributed by atoms with Gasteiger partial charge in [-0.1, -0.05) is 0 Å². The number of nitrogens with two attached hydrogens (primary N) is 1. The highest BCUT2D eigenvalue weighted by molar-refractivity contribution is 7.91. The number of hydrogen-bond acceptors (Lipinski definition) is 5. The molecule has 6 nitrogen and oxygen atoms in total. The Morgan fingerprint density at radius 3 is 2.69 bits per heavy atom. The molecule has 1 amide bonds. The largest absolute Gasteiger partial charge is 0.397 e. The van der Waals surface area contributed by atoms with Gasteiger partial charge in [-0.3, -0.25) is 4.79 Å². The fourth-order valence-electron chi connectivity index (χ4n) is 1.13. The predicted molar refractivity (Wildman–Crippen MR) is 61.7 cm³/mol. The van der Waals surface area contributed by atoms with E-state index < -0.39 is 21.5 Å². The van der Waals surface area contributed by atoms with Gasteiger partial charge in [0.1, 0.15) is 11.6 Å². The molecular formula is C9H13N3O3S. The van der Waals surface area contributed by atoms with Crippen LogP contribution in [-0.4, -0.2) is 31.3 Å². The molecule has 1 aromatic heterocycles. The summed E-state index contributed by atoms with van der Waals surface area (Å²) in [5, 5.41) is 2.41. The summed E-state index contributed by atoms with van der Waals surface area (Å²) < 4.78 is 21.7. The first-order valence-electron chi connectivity index (χ1n) is 4.47. The van der Waals surface area contributed by atoms with Gasteiger partial charge in [0.25, 0.3) is 0 Å². The van der Waals surface area contributed by atoms with Gasteiger partial charge in [0.15, 0.2) is 9.84 Å². The molecule has 3 N–H and O–H groups in total. The van der Waals surface area contributed by atoms with E-state index in [4.69, 9.17) is 5.73 Å². The Bertz CT molecular complexity index is 511. The molecule has 1 rings (SSSR count). The summed E-state index contributed by atoms with van der Waals surface area (Å²) in [6, 6.07) is 1.64. The van der Waals surface area contributed by atoms with Gasteiger partial charge < -0.3 is 11.1 Å². The van der Waals surface area contributed by atoms with Gasteiger partial charge in [-0.25, -0.2) is 13.4 Å². The summed E-state index contributed by atoms with van der Waals surface area (Å²) in [4.78, 5) is 15.2. The van der Waals surface area contributed by atoms with E-state index in [2.05, 4.69) is 10.3 Å². The van der Waals surface area contributed by atoms with Gasteiger partial charge in [0.2, 0.25) is 5.91 Å². The Morgan fingerprint density at radius 1 is 1.56 bits per heavy atom. The summed E-state index contributed by atoms with van der Waals surface area (Å²) in [6.45, 7) is 1.72. The number of carbonyl (C=O) groups is 1. The van der Waals surface area contributed by atoms with Crippen LogP contribution in [0.4, 0.5) is 11.5 Å². The van der Waals surface area contributed by atoms with Crippen LogP contribution < -0.4 is 11.1 Å². The summed E-state index contributed by atoms with van der Waals surface area (Å²) >= 11 is 0. The number of anilines is 2. The average molecular weight is 243 g/mol. The maximum absolute atomic E-state index is 11.3. The molecule has 1 aromatic rings. The second kappa shape index (κ2) is 4.48. The Kier molecular flexibility index (Phi) is 3.48. The zero-order valence-electron chi connectivity index (χ0n) is 9.02. The van der Waals surface area contributed by atoms with Gasteiger partial charge in [-0.15, -0.1) is 0 Å². The molecule has 0 atom stereocenters. The summed E-state index contributed by atoms with van der Waals surface area (Å²) in [6.07, 6.45) is 2.39. The van der Waals surface area contributed by atoms with Crippen molar-refractivity contribution in [3.63, 3.8) is 0 Å². The molecule has 1 heterocycles. The normalized spacial score (nSPS) is 11.1. The zero-order chi connectivity index (χ0) is 12.3. The topological polar surface area (TPSA) is 102 Å². The van der Waals surface area contributed by atoms with Gasteiger partial charge in [-0.2, -0.15) is 0 Å². The van der Waals surface area contributed by atoms with Crippen LogP contribution in [0.25, 0.3) is 0 Å². The highest BCUT2D eigenvalue weighted by Crippen LogP contribution is 2.13. The van der Waals surface area contributed by atoms with Crippen LogP contribution in [-0.2, 0) is 14.6 Å². The molecule has 0 fully saturated rings. The van der Waals surface area contributed by atoms with Gasteiger partial charge in [-0.05, 0) is 18.6 Å². The smallest absolute Gasteiger partial charge is 0.240 e. The second-order valence-corrected chi connectivity index (χ2v) is 5.69. The van der Waals surface area contributed by atoms with E-state index >= 15 is 0 Å². The third kappa shape index (κ3) is 3.85. The molecular weight excluding hydrogens is 230 g/mol. The number of aryl methyl sites for hydroxylation is 1. The molecule has 88 valence electrons. The Morgan fingerprint density at radius 2 is 2.19 bits per heavy atom. The number of nitrogen functional groups attached to an aromatic ring is 1. The quantitative estimate of drug-likeness (QED) is 0.775. The number of amides is 1. The maximum Gasteiger partial charge on any atom is 0.240 e. The van der Waals surface area contributed by atoms with Crippen LogP contribution in [0.3, 0.4) is 0 Å². The maximum atomic E-state index is 11.3. The monoisotopic (exact) mass is 243 g/mol. The molecule has 0 aromatic carbocycles. The van der Waals surface area contributed by atoms with Crippen molar-refractivity contribution >= 4 is 27.2 Å². The minimum Gasteiger partial charge on any atom is -0.397 e. The number of aromatic nitrogens is 1. The number of carbonyl (C=O) groups excluding carboxylic acids is 1. The molecule has 16 heavy (non-hydrogen) atoms. The van der Waals surface area contributed by atoms with Gasteiger partial charge >= 0.3 is 0 Å². The lowest BCUT2D eigenvalue weighted by Crippen LogP contribution is -2.22. The van der Waals surface area contributed by atoms with Crippen molar-refractivity contribution in [3.05, 3.63) is 17.8 Å². The molecule has 0 spiro atoms. The van der Waals surface area contributed by atoms with Crippen LogP contribution in [0.2, 0.25) is 0 Å². The van der Waals surface area contributed by atoms with Crippen LogP contribution in [0.5, 0.6) is 0 Å². The van der Waals surface area contributed by atoms with Crippen LogP contribution >= 0.6 is 0 Å². The fourth-order valence-corrected chi connectivity index (χ4v) is 1.68. The molecule has 0 saturated carbocycles. The Balaban J connectivity index is 2.78. The number of sulfone groups is 1. The lowest BCUT2D eigenvalue weighted by Gasteiger charge is -2.06. The van der Waals surface area contributed by atoms with Crippen LogP contribution in [0.15, 0.2) is 12.3 Å². The fraction of sp³-hybridized carbons (Fsp3) is 0.333. The molecule has 0 bridgehead atoms. The third-order valence-corrected chi connectivity index (χ3v) is 2.54. The molecule has 7 heteroatoms. The standard InChI is InChI=1S/C9H13N3O3S/c1-6-3-7(10)4-11-9(6)12-8(13)5-16(2,14)15/h3-4H,5,10H2,1-2H3,(H,11,12,13). The van der Waals surface area contributed by atoms with Crippen molar-refractivity contribution in [1.82, 2.24) is 4.98 Å². The molecule has 0 aliphatic heterocycles. The SMILES string of the molecule is Cc1cc(N)cnc1NC(=O)CS(C)(=O)=O. The van der Waals surface area contributed by atoms with Crippen molar-refractivity contribution in [2.45, 2.75) is 6.92 Å². The van der Waals surface area contributed by atoms with E-state index in [1.54, 1.807) is 13.0 Å². The Labute approximate surface area is 93.8 Å². The van der Waals surface area contributed by atoms with Crippen molar-refractivity contribution in [2.24, 2.45) is 0 Å². The minimum atomic E-state index is -3.33. The van der Waals surface area contributed by atoms with E-state index in [1.165, 1.54) is 6.20 Å². The number of pyridine rings is 1. The summed E-state index contributed by atoms with van der Waals surface area (Å²) in [5.41, 5.74) is 6.66. The van der Waals surface area contributed by atoms with Crippen molar-refractivity contribution in [1.29, 1.82) is 0 Å². The first kappa shape index (κ1) is 12.4. The first-order chi connectivity index (χ1) is 7.28. The number of nitrogens with zero attached hydrogens (tertiary/aromatic N) is 1. The van der Waals surface area contributed by atoms with Crippen molar-refractivity contribution in [3.8, 4) is 0 Å². The van der Waals surface area contributed by atoms with Crippen molar-refractivity contribution in [2.75, 3.05) is 23.1 Å². The average Bonchev–Trinajstić information content (AvgIpc) is 2.06. The lowest BCUT2D eigenvalue weighted by atomic mass is 10.2. The number of rotatable bonds is 3. The zero-order valence-corrected chi connectivity index (χ0v) is 9.84. The van der Waals surface area contributed by atoms with Gasteiger partial charge in [0, 0.05) is 6.26 Å². The molecule has 0 radical (unpaired) electrons. The minimum absolute atomic E-state index is 0.322. The van der Waals surface area contributed by atoms with E-state index in [1.807, 2.05) is 0 Å². The second-order valence-electron chi connectivity index (χ2n) is 3.55. The highest BCUT2D eigenvalue weighted by Gasteiger charge is 2.12. The number of nitrogens with one attached hydrogen (secondary N) is 1. The van der Waals surface area contributed by atoms with Crippen LogP contribution in [0, 0.1) is 6.92 Å². The van der Waals surface area contributed by atoms with E-state index in [0.717, 1.165) is 6.26 Å². The predicted octanol–water partition coefficient (Wildman–Crippen LogP) is -0.0447. The molecule has 0 aliphatic carbocycles. The van der Waals surface area contributed by atoms with E-state index in [-0.39, 0.29) is 0 Å². The molecule has 0 aliphatic rings. The summed E-state index contributed by atoms with van der Waals surface area (Å²) in [7, 11) is -3.33. The Hall–Kier alpha value is -1.63. The lowest BCUT2D eigenvalue weighted by molar-refractivity contribution is -0.113. The first-order valence-corrected chi connectivity index (χ1v) is 6.53. The van der Waals surface area contributed by atoms with E-state index in [0.29, 0.717) is 17.1 Å². The highest BCUT2D eigenvalue weighted by atomic mass is 32.2. The van der Waals surface area contributed by atoms with Crippen LogP contribution in [0.1, 0.15) is 5.56 Å². The van der Waals surface area contributed by atoms with Gasteiger partial charge in [0.05, 0.1) is 11.9 Å². The number of hydrogen-bond donors (Lipinski definition) is 2. The summed E-state index contributed by atoms with van der Waals surface area (Å²) in [5.74, 6) is -0.843. The third-order valence-electron chi connectivity index (χ3n) is 1.75. The van der Waals surface area contributed by atoms with E-state index in [9.17, 15) is 13.2 Å². The molecule has 0 saturated heterocycles.